The molecule has 1 saturated heterocycles. The van der Waals surface area contributed by atoms with Crippen LogP contribution in [-0.2, 0) is 54.4 Å². The summed E-state index contributed by atoms with van der Waals surface area (Å²) in [4.78, 5) is 136. The highest BCUT2D eigenvalue weighted by Crippen LogP contribution is 2.25. The lowest BCUT2D eigenvalue weighted by Gasteiger charge is -2.28. The maximum absolute atomic E-state index is 14.2. The molecule has 1 aliphatic heterocycles. The molecule has 1 fully saturated rings. The number of primary amides is 1. The number of carbonyl (C=O) groups is 10. The van der Waals surface area contributed by atoms with Crippen molar-refractivity contribution in [3.63, 3.8) is 0 Å². The minimum absolute atomic E-state index is 0.00246. The van der Waals surface area contributed by atoms with Gasteiger partial charge in [-0.2, -0.15) is 23.5 Å². The Kier molecular flexibility index (Phi) is 26.8. The van der Waals surface area contributed by atoms with Gasteiger partial charge in [0.1, 0.15) is 36.3 Å². The van der Waals surface area contributed by atoms with Gasteiger partial charge in [0.2, 0.25) is 47.3 Å². The van der Waals surface area contributed by atoms with Crippen LogP contribution in [0.15, 0.2) is 30.3 Å². The van der Waals surface area contributed by atoms with Gasteiger partial charge in [0.25, 0.3) is 5.91 Å². The maximum atomic E-state index is 14.2. The van der Waals surface area contributed by atoms with Crippen molar-refractivity contribution in [2.75, 3.05) is 36.9 Å². The number of hydrogen-bond acceptors (Lipinski definition) is 15. The van der Waals surface area contributed by atoms with E-state index in [1.165, 1.54) is 23.5 Å². The number of benzene rings is 1. The van der Waals surface area contributed by atoms with Gasteiger partial charge in [-0.25, -0.2) is 0 Å². The molecule has 0 radical (unpaired) electrons. The van der Waals surface area contributed by atoms with Gasteiger partial charge in [-0.05, 0) is 44.2 Å². The predicted molar refractivity (Wildman–Crippen MR) is 277 cm³/mol. The monoisotopic (exact) mass is 1070 g/mol. The minimum atomic E-state index is -1.79. The molecular formula is C45H73N13O11S3. The molecule has 24 nitrogen and oxygen atoms in total. The second kappa shape index (κ2) is 30.9. The molecule has 0 unspecified atom stereocenters. The molecule has 2 rings (SSSR count). The maximum Gasteiger partial charge on any atom is 0.305 e. The lowest BCUT2D eigenvalue weighted by atomic mass is 10.0. The van der Waals surface area contributed by atoms with Crippen molar-refractivity contribution in [1.82, 2.24) is 47.9 Å². The molecule has 0 bridgehead atoms. The number of unbranched alkanes of at least 4 members (excludes halogenated alkanes) is 1. The lowest BCUT2D eigenvalue weighted by molar-refractivity contribution is -0.141. The highest BCUT2D eigenvalue weighted by molar-refractivity contribution is 8.01. The zero-order valence-electron chi connectivity index (χ0n) is 41.6. The summed E-state index contributed by atoms with van der Waals surface area (Å²) in [7, 11) is 0. The second-order valence-corrected chi connectivity index (χ2v) is 23.5. The number of rotatable bonds is 17. The summed E-state index contributed by atoms with van der Waals surface area (Å²) in [5.74, 6) is -10.6. The van der Waals surface area contributed by atoms with Crippen LogP contribution < -0.4 is 65.1 Å². The molecule has 1 heterocycles. The molecule has 27 heteroatoms. The van der Waals surface area contributed by atoms with E-state index in [-0.39, 0.29) is 56.2 Å². The van der Waals surface area contributed by atoms with Gasteiger partial charge in [-0.1, -0.05) is 71.9 Å². The van der Waals surface area contributed by atoms with Crippen LogP contribution in [0.4, 0.5) is 0 Å². The fourth-order valence-corrected chi connectivity index (χ4v) is 9.05. The number of nitrogens with two attached hydrogens (primary N) is 3. The Morgan fingerprint density at radius 2 is 1.15 bits per heavy atom. The summed E-state index contributed by atoms with van der Waals surface area (Å²) in [6.07, 6.45) is -0.0478. The number of guanidine groups is 1. The Morgan fingerprint density at radius 1 is 0.667 bits per heavy atom. The smallest absolute Gasteiger partial charge is 0.305 e. The molecule has 402 valence electrons. The third kappa shape index (κ3) is 25.5. The van der Waals surface area contributed by atoms with E-state index in [0.29, 0.717) is 30.2 Å². The first kappa shape index (κ1) is 62.3. The van der Waals surface area contributed by atoms with E-state index < -0.39 is 129 Å². The fraction of sp³-hybridized carbons (Fsp3) is 0.622. The third-order valence-electron chi connectivity index (χ3n) is 10.1. The van der Waals surface area contributed by atoms with E-state index in [9.17, 15) is 53.1 Å². The number of aliphatic carboxylic acids is 1. The summed E-state index contributed by atoms with van der Waals surface area (Å²) in [5, 5.41) is 38.6. The van der Waals surface area contributed by atoms with Crippen LogP contribution in [0.2, 0.25) is 0 Å². The topological polar surface area (TPSA) is 401 Å². The third-order valence-corrected chi connectivity index (χ3v) is 14.0. The number of thioether (sulfide) groups is 3. The molecule has 7 atom stereocenters. The van der Waals surface area contributed by atoms with Crippen molar-refractivity contribution in [2.24, 2.45) is 17.2 Å². The van der Waals surface area contributed by atoms with Gasteiger partial charge >= 0.3 is 5.97 Å². The normalized spacial score (nSPS) is 23.1. The van der Waals surface area contributed by atoms with E-state index >= 15 is 0 Å². The van der Waals surface area contributed by atoms with Gasteiger partial charge in [0.15, 0.2) is 11.3 Å². The Morgan fingerprint density at radius 3 is 1.68 bits per heavy atom. The van der Waals surface area contributed by atoms with Crippen molar-refractivity contribution in [2.45, 2.75) is 138 Å². The van der Waals surface area contributed by atoms with Gasteiger partial charge < -0.3 is 70.2 Å². The van der Waals surface area contributed by atoms with Crippen LogP contribution in [0, 0.1) is 5.41 Å². The standard InChI is InChI=1S/C45H73N13O11S3/c1-44(2,3)71-22-30-40(68)54-26(16-12-18-50-43(48)49)36(64)51-21-32(59)53-29(20-34(61)62)38(66)57-31(23-72-45(4,5)6)41(69)55-28(19-25-13-8-7-9-14-25)39(67)58-42(35(47)63)70-24-33(60)52-27(37(65)56-30)15-10-11-17-46/h7-9,13-14,26-31,42H,10-12,15-24,46H2,1-6H3,(H2,47,63)(H,51,64)(H,52,60)(H,53,59)(H,54,68)(H,55,69)(H,56,65)(H,57,66)(H,58,67)(H,61,62)(H4,48,49,50)/t26-,27-,28-,29-,30-,31-,42-/m0/s1. The van der Waals surface area contributed by atoms with Crippen molar-refractivity contribution < 1.29 is 53.1 Å². The summed E-state index contributed by atoms with van der Waals surface area (Å²) in [5.41, 5.74) is 17.4. The summed E-state index contributed by atoms with van der Waals surface area (Å²) < 4.78 is -0.896. The van der Waals surface area contributed by atoms with Gasteiger partial charge in [-0.3, -0.25) is 53.4 Å². The van der Waals surface area contributed by atoms with Crippen molar-refractivity contribution in [1.29, 1.82) is 5.41 Å². The minimum Gasteiger partial charge on any atom is -0.481 e. The van der Waals surface area contributed by atoms with E-state index in [0.717, 1.165) is 0 Å². The lowest BCUT2D eigenvalue weighted by Crippen LogP contribution is -2.60. The van der Waals surface area contributed by atoms with Crippen LogP contribution >= 0.6 is 35.3 Å². The van der Waals surface area contributed by atoms with Gasteiger partial charge in [-0.15, -0.1) is 11.8 Å². The first-order valence-electron chi connectivity index (χ1n) is 23.3. The summed E-state index contributed by atoms with van der Waals surface area (Å²) >= 11 is 3.19. The van der Waals surface area contributed by atoms with Crippen molar-refractivity contribution in [3.05, 3.63) is 35.9 Å². The Hall–Kier alpha value is -5.80. The van der Waals surface area contributed by atoms with Crippen LogP contribution in [0.1, 0.15) is 85.6 Å². The molecule has 72 heavy (non-hydrogen) atoms. The number of carboxylic acids is 1. The highest BCUT2D eigenvalue weighted by Gasteiger charge is 2.35. The predicted octanol–water partition coefficient (Wildman–Crippen LogP) is -2.14. The molecule has 1 aliphatic rings. The van der Waals surface area contributed by atoms with Gasteiger partial charge in [0.05, 0.1) is 18.7 Å². The SMILES string of the molecule is CC(C)(C)SC[C@@H]1NC(=O)[C@H](CCCCN)NC(=O)CS[C@@H](C(N)=O)NC(=O)[C@H](Cc2ccccc2)NC(=O)[C@H](CSC(C)(C)C)NC(=O)[C@H](CC(=O)O)NC(=O)CNC(=O)[C@H](CCCNC(=N)N)NC1=O. The zero-order valence-corrected chi connectivity index (χ0v) is 44.1. The molecule has 0 aliphatic carbocycles. The van der Waals surface area contributed by atoms with E-state index in [1.54, 1.807) is 30.3 Å². The van der Waals surface area contributed by atoms with Crippen molar-refractivity contribution >= 4 is 100 Å². The fourth-order valence-electron chi connectivity index (χ4n) is 6.48. The second-order valence-electron chi connectivity index (χ2n) is 18.7. The first-order valence-corrected chi connectivity index (χ1v) is 26.3. The average Bonchev–Trinajstić information content (AvgIpc) is 3.28. The number of carboxylic acid groups (broad SMARTS) is 1. The van der Waals surface area contributed by atoms with Crippen LogP contribution in [0.3, 0.4) is 0 Å². The Balaban J connectivity index is 2.73. The molecule has 9 amide bonds. The molecule has 0 aromatic heterocycles. The van der Waals surface area contributed by atoms with Crippen LogP contribution in [0.5, 0.6) is 0 Å². The summed E-state index contributed by atoms with van der Waals surface area (Å²) in [6, 6.07) is -0.0226. The number of hydrogen-bond donors (Lipinski definition) is 14. The van der Waals surface area contributed by atoms with E-state index in [4.69, 9.17) is 22.6 Å². The Bertz CT molecular complexity index is 2060. The number of carbonyl (C=O) groups excluding carboxylic acids is 9. The highest BCUT2D eigenvalue weighted by atomic mass is 32.2. The molecule has 1 aromatic rings. The van der Waals surface area contributed by atoms with E-state index in [2.05, 4.69) is 47.9 Å². The molecule has 17 N–H and O–H groups in total. The summed E-state index contributed by atoms with van der Waals surface area (Å²) in [6.45, 7) is 10.8. The number of nitrogens with one attached hydrogen (secondary N) is 10. The zero-order chi connectivity index (χ0) is 54.2. The largest absolute Gasteiger partial charge is 0.481 e. The average molecular weight is 1070 g/mol. The molecule has 1 aromatic carbocycles. The molecular weight excluding hydrogens is 995 g/mol. The Labute approximate surface area is 432 Å². The van der Waals surface area contributed by atoms with Crippen molar-refractivity contribution in [3.8, 4) is 0 Å². The van der Waals surface area contributed by atoms with E-state index in [1.807, 2.05) is 41.5 Å². The van der Waals surface area contributed by atoms with Gasteiger partial charge in [0, 0.05) is 34.0 Å². The molecule has 0 saturated carbocycles. The van der Waals surface area contributed by atoms with Crippen LogP contribution in [0.25, 0.3) is 0 Å². The first-order chi connectivity index (χ1) is 33.7. The molecule has 0 spiro atoms. The number of amides is 9. The van der Waals surface area contributed by atoms with Crippen LogP contribution in [-0.4, -0.2) is 158 Å². The quantitative estimate of drug-likeness (QED) is 0.0450.